The fourth-order valence-corrected chi connectivity index (χ4v) is 2.61. The van der Waals surface area contributed by atoms with E-state index in [1.54, 1.807) is 30.5 Å². The van der Waals surface area contributed by atoms with Crippen LogP contribution in [0.25, 0.3) is 0 Å². The number of carbonyl (C=O) groups is 2. The molecule has 0 aliphatic heterocycles. The second-order valence-corrected chi connectivity index (χ2v) is 6.47. The molecule has 1 heterocycles. The van der Waals surface area contributed by atoms with E-state index in [1.165, 1.54) is 6.92 Å². The van der Waals surface area contributed by atoms with Gasteiger partial charge in [-0.05, 0) is 47.5 Å². The highest BCUT2D eigenvalue weighted by Gasteiger charge is 2.06. The van der Waals surface area contributed by atoms with E-state index in [1.807, 2.05) is 42.5 Å². The number of nitrogens with one attached hydrogen (secondary N) is 1. The van der Waals surface area contributed by atoms with Gasteiger partial charge in [0.25, 0.3) is 0 Å². The second kappa shape index (κ2) is 10.0. The van der Waals surface area contributed by atoms with E-state index in [9.17, 15) is 9.59 Å². The van der Waals surface area contributed by atoms with E-state index in [-0.39, 0.29) is 24.9 Å². The summed E-state index contributed by atoms with van der Waals surface area (Å²) in [4.78, 5) is 27.3. The molecule has 0 saturated carbocycles. The Kier molecular flexibility index (Phi) is 6.95. The first-order valence-corrected chi connectivity index (χ1v) is 9.22. The minimum absolute atomic E-state index is 0.134. The van der Waals surface area contributed by atoms with Crippen LogP contribution < -0.4 is 10.1 Å². The summed E-state index contributed by atoms with van der Waals surface area (Å²) < 4.78 is 11.0. The lowest BCUT2D eigenvalue weighted by atomic mass is 10.1. The molecule has 0 spiro atoms. The van der Waals surface area contributed by atoms with Gasteiger partial charge < -0.3 is 14.8 Å². The Bertz CT molecular complexity index is 939. The molecule has 1 aromatic heterocycles. The molecule has 0 atom stereocenters. The highest BCUT2D eigenvalue weighted by Crippen LogP contribution is 2.15. The normalized spacial score (nSPS) is 10.2. The molecule has 0 aliphatic carbocycles. The number of ether oxygens (including phenoxy) is 2. The van der Waals surface area contributed by atoms with Crippen molar-refractivity contribution in [2.24, 2.45) is 0 Å². The molecule has 1 N–H and O–H groups in total. The minimum Gasteiger partial charge on any atom is -0.487 e. The average molecular weight is 390 g/mol. The summed E-state index contributed by atoms with van der Waals surface area (Å²) in [6.07, 6.45) is 1.90. The van der Waals surface area contributed by atoms with Crippen LogP contribution in [0.2, 0.25) is 0 Å². The molecule has 0 radical (unpaired) electrons. The van der Waals surface area contributed by atoms with Gasteiger partial charge in [0.1, 0.15) is 19.0 Å². The summed E-state index contributed by atoms with van der Waals surface area (Å²) in [5.41, 5.74) is 3.25. The Morgan fingerprint density at radius 2 is 1.62 bits per heavy atom. The van der Waals surface area contributed by atoms with Gasteiger partial charge in [-0.25, -0.2) is 0 Å². The van der Waals surface area contributed by atoms with Gasteiger partial charge in [0.05, 0.1) is 12.1 Å². The quantitative estimate of drug-likeness (QED) is 0.590. The van der Waals surface area contributed by atoms with Crippen molar-refractivity contribution in [3.8, 4) is 5.75 Å². The Morgan fingerprint density at radius 1 is 0.897 bits per heavy atom. The molecule has 0 unspecified atom stereocenters. The van der Waals surface area contributed by atoms with Gasteiger partial charge in [0.15, 0.2) is 0 Å². The number of anilines is 1. The molecular formula is C23H22N2O4. The van der Waals surface area contributed by atoms with Crippen molar-refractivity contribution >= 4 is 17.6 Å². The molecule has 0 saturated heterocycles. The van der Waals surface area contributed by atoms with Gasteiger partial charge in [0.2, 0.25) is 5.91 Å². The molecule has 0 fully saturated rings. The molecule has 3 rings (SSSR count). The smallest absolute Gasteiger partial charge is 0.310 e. The summed E-state index contributed by atoms with van der Waals surface area (Å²) in [5, 5.41) is 2.69. The monoisotopic (exact) mass is 390 g/mol. The van der Waals surface area contributed by atoms with Crippen molar-refractivity contribution in [2.75, 3.05) is 5.32 Å². The number of rotatable bonds is 8. The number of nitrogens with zero attached hydrogens (tertiary/aromatic N) is 1. The fourth-order valence-electron chi connectivity index (χ4n) is 2.61. The Morgan fingerprint density at radius 3 is 2.28 bits per heavy atom. The SMILES string of the molecule is CC(=O)Nc1ccc(CC(=O)OCc2ccc(OCc3ccccn3)cc2)cc1. The van der Waals surface area contributed by atoms with Crippen molar-refractivity contribution in [3.63, 3.8) is 0 Å². The van der Waals surface area contributed by atoms with Gasteiger partial charge >= 0.3 is 5.97 Å². The van der Waals surface area contributed by atoms with Gasteiger partial charge in [-0.3, -0.25) is 14.6 Å². The summed E-state index contributed by atoms with van der Waals surface area (Å²) in [6.45, 7) is 2.05. The largest absolute Gasteiger partial charge is 0.487 e. The van der Waals surface area contributed by atoms with Crippen LogP contribution in [0.1, 0.15) is 23.7 Å². The number of amides is 1. The van der Waals surface area contributed by atoms with Crippen LogP contribution in [0.15, 0.2) is 72.9 Å². The van der Waals surface area contributed by atoms with E-state index in [0.29, 0.717) is 12.3 Å². The molecule has 29 heavy (non-hydrogen) atoms. The number of hydrogen-bond acceptors (Lipinski definition) is 5. The zero-order valence-corrected chi connectivity index (χ0v) is 16.1. The van der Waals surface area contributed by atoms with Gasteiger partial charge in [-0.15, -0.1) is 0 Å². The van der Waals surface area contributed by atoms with Gasteiger partial charge in [-0.2, -0.15) is 0 Å². The van der Waals surface area contributed by atoms with Crippen LogP contribution in [0.4, 0.5) is 5.69 Å². The number of benzene rings is 2. The first-order chi connectivity index (χ1) is 14.1. The minimum atomic E-state index is -0.312. The molecule has 6 heteroatoms. The summed E-state index contributed by atoms with van der Waals surface area (Å²) >= 11 is 0. The summed E-state index contributed by atoms with van der Waals surface area (Å²) in [5.74, 6) is 0.281. The summed E-state index contributed by atoms with van der Waals surface area (Å²) in [6, 6.07) is 20.2. The first kappa shape index (κ1) is 20.1. The van der Waals surface area contributed by atoms with E-state index in [4.69, 9.17) is 9.47 Å². The van der Waals surface area contributed by atoms with Crippen molar-refractivity contribution in [1.82, 2.24) is 4.98 Å². The molecule has 6 nitrogen and oxygen atoms in total. The standard InChI is InChI=1S/C23H22N2O4/c1-17(26)25-20-9-5-18(6-10-20)14-23(27)29-15-19-7-11-22(12-8-19)28-16-21-4-2-3-13-24-21/h2-13H,14-16H2,1H3,(H,25,26). The molecule has 1 amide bonds. The highest BCUT2D eigenvalue weighted by atomic mass is 16.5. The van der Waals surface area contributed by atoms with Crippen LogP contribution in [0.3, 0.4) is 0 Å². The van der Waals surface area contributed by atoms with Crippen molar-refractivity contribution in [3.05, 3.63) is 89.7 Å². The molecule has 0 aliphatic rings. The highest BCUT2D eigenvalue weighted by molar-refractivity contribution is 5.88. The number of aromatic nitrogens is 1. The van der Waals surface area contributed by atoms with E-state index >= 15 is 0 Å². The molecule has 3 aromatic rings. The third kappa shape index (κ3) is 6.77. The Labute approximate surface area is 169 Å². The maximum Gasteiger partial charge on any atom is 0.310 e. The van der Waals surface area contributed by atoms with Crippen LogP contribution >= 0.6 is 0 Å². The molecular weight excluding hydrogens is 368 g/mol. The van der Waals surface area contributed by atoms with E-state index < -0.39 is 0 Å². The van der Waals surface area contributed by atoms with Crippen LogP contribution in [0, 0.1) is 0 Å². The lowest BCUT2D eigenvalue weighted by Crippen LogP contribution is -2.09. The number of esters is 1. The predicted molar refractivity (Wildman–Crippen MR) is 109 cm³/mol. The number of hydrogen-bond donors (Lipinski definition) is 1. The number of carbonyl (C=O) groups excluding carboxylic acids is 2. The maximum absolute atomic E-state index is 12.1. The summed E-state index contributed by atoms with van der Waals surface area (Å²) in [7, 11) is 0. The van der Waals surface area contributed by atoms with E-state index in [0.717, 1.165) is 22.6 Å². The van der Waals surface area contributed by atoms with E-state index in [2.05, 4.69) is 10.3 Å². The third-order valence-electron chi connectivity index (χ3n) is 4.06. The first-order valence-electron chi connectivity index (χ1n) is 9.22. The average Bonchev–Trinajstić information content (AvgIpc) is 2.73. The molecule has 148 valence electrons. The zero-order chi connectivity index (χ0) is 20.5. The topological polar surface area (TPSA) is 77.5 Å². The molecule has 2 aromatic carbocycles. The maximum atomic E-state index is 12.1. The van der Waals surface area contributed by atoms with Crippen molar-refractivity contribution in [2.45, 2.75) is 26.6 Å². The fraction of sp³-hybridized carbons (Fsp3) is 0.174. The van der Waals surface area contributed by atoms with Crippen LogP contribution in [-0.4, -0.2) is 16.9 Å². The van der Waals surface area contributed by atoms with Crippen LogP contribution in [0.5, 0.6) is 5.75 Å². The second-order valence-electron chi connectivity index (χ2n) is 6.47. The van der Waals surface area contributed by atoms with Crippen molar-refractivity contribution in [1.29, 1.82) is 0 Å². The number of pyridine rings is 1. The predicted octanol–water partition coefficient (Wildman–Crippen LogP) is 3.90. The lowest BCUT2D eigenvalue weighted by Gasteiger charge is -2.08. The molecule has 0 bridgehead atoms. The lowest BCUT2D eigenvalue weighted by molar-refractivity contribution is -0.144. The van der Waals surface area contributed by atoms with Gasteiger partial charge in [-0.1, -0.05) is 30.3 Å². The third-order valence-corrected chi connectivity index (χ3v) is 4.06. The zero-order valence-electron chi connectivity index (χ0n) is 16.1. The van der Waals surface area contributed by atoms with Crippen LogP contribution in [-0.2, 0) is 34.0 Å². The van der Waals surface area contributed by atoms with Crippen molar-refractivity contribution < 1.29 is 19.1 Å². The van der Waals surface area contributed by atoms with Gasteiger partial charge in [0, 0.05) is 18.8 Å². The Balaban J connectivity index is 1.43. The Hall–Kier alpha value is -3.67.